The van der Waals surface area contributed by atoms with E-state index in [1.54, 1.807) is 14.0 Å². The van der Waals surface area contributed by atoms with E-state index in [-0.39, 0.29) is 18.0 Å². The first-order valence-electron chi connectivity index (χ1n) is 10.8. The molecule has 156 valence electrons. The molecule has 27 heavy (non-hydrogen) atoms. The van der Waals surface area contributed by atoms with Gasteiger partial charge in [-0.25, -0.2) is 4.79 Å². The molecule has 2 aliphatic rings. The fourth-order valence-electron chi connectivity index (χ4n) is 4.57. The van der Waals surface area contributed by atoms with Crippen molar-refractivity contribution in [2.24, 2.45) is 11.8 Å². The van der Waals surface area contributed by atoms with Gasteiger partial charge in [-0.3, -0.25) is 4.79 Å². The molecule has 2 N–H and O–H groups in total. The Labute approximate surface area is 164 Å². The molecule has 0 saturated heterocycles. The smallest absolute Gasteiger partial charge is 0.407 e. The molecule has 2 fully saturated rings. The summed E-state index contributed by atoms with van der Waals surface area (Å²) in [7, 11) is 1.68. The van der Waals surface area contributed by atoms with E-state index in [1.807, 2.05) is 0 Å². The van der Waals surface area contributed by atoms with Crippen LogP contribution in [-0.2, 0) is 14.3 Å². The lowest BCUT2D eigenvalue weighted by molar-refractivity contribution is -0.119. The summed E-state index contributed by atoms with van der Waals surface area (Å²) >= 11 is 0. The normalized spacial score (nSPS) is 28.4. The van der Waals surface area contributed by atoms with Crippen LogP contribution in [0.4, 0.5) is 4.79 Å². The maximum absolute atomic E-state index is 11.9. The number of carbonyl (C=O) groups excluding carboxylic acids is 2. The van der Waals surface area contributed by atoms with E-state index in [1.165, 1.54) is 32.1 Å². The standard InChI is InChI=1S/C21H38N2O4/c1-16(24)22-19-9-5-17(6-10-19)15-18-7-11-20(12-8-18)23-21(25)27-14-4-3-13-26-2/h17-20H,3-15H2,1-2H3,(H,22,24)(H,23,25). The van der Waals surface area contributed by atoms with E-state index in [9.17, 15) is 9.59 Å². The number of carbonyl (C=O) groups is 2. The average molecular weight is 383 g/mol. The molecule has 2 aliphatic carbocycles. The molecule has 0 radical (unpaired) electrons. The van der Waals surface area contributed by atoms with Gasteiger partial charge in [0.05, 0.1) is 6.61 Å². The van der Waals surface area contributed by atoms with Gasteiger partial charge in [0.15, 0.2) is 0 Å². The zero-order chi connectivity index (χ0) is 19.5. The highest BCUT2D eigenvalue weighted by atomic mass is 16.5. The fourth-order valence-corrected chi connectivity index (χ4v) is 4.57. The molecule has 2 rings (SSSR count). The van der Waals surface area contributed by atoms with Crippen molar-refractivity contribution >= 4 is 12.0 Å². The quantitative estimate of drug-likeness (QED) is 0.595. The van der Waals surface area contributed by atoms with Crippen LogP contribution in [0.15, 0.2) is 0 Å². The zero-order valence-electron chi connectivity index (χ0n) is 17.1. The molecule has 0 aromatic heterocycles. The molecule has 6 nitrogen and oxygen atoms in total. The lowest BCUT2D eigenvalue weighted by Gasteiger charge is -2.34. The van der Waals surface area contributed by atoms with Crippen LogP contribution in [-0.4, -0.2) is 44.4 Å². The highest BCUT2D eigenvalue weighted by Crippen LogP contribution is 2.35. The van der Waals surface area contributed by atoms with Crippen molar-refractivity contribution in [3.8, 4) is 0 Å². The predicted octanol–water partition coefficient (Wildman–Crippen LogP) is 3.78. The third-order valence-corrected chi connectivity index (χ3v) is 6.07. The van der Waals surface area contributed by atoms with Crippen molar-refractivity contribution in [3.63, 3.8) is 0 Å². The van der Waals surface area contributed by atoms with E-state index in [0.717, 1.165) is 50.4 Å². The van der Waals surface area contributed by atoms with Crippen molar-refractivity contribution < 1.29 is 19.1 Å². The second kappa shape index (κ2) is 12.2. The van der Waals surface area contributed by atoms with E-state index in [2.05, 4.69) is 10.6 Å². The molecule has 0 aromatic carbocycles. The topological polar surface area (TPSA) is 76.7 Å². The van der Waals surface area contributed by atoms with E-state index in [0.29, 0.717) is 19.3 Å². The molecular weight excluding hydrogens is 344 g/mol. The summed E-state index contributed by atoms with van der Waals surface area (Å²) in [4.78, 5) is 23.0. The highest BCUT2D eigenvalue weighted by Gasteiger charge is 2.27. The van der Waals surface area contributed by atoms with Crippen LogP contribution in [0.3, 0.4) is 0 Å². The Balaban J connectivity index is 1.54. The molecule has 6 heteroatoms. The number of ether oxygens (including phenoxy) is 2. The van der Waals surface area contributed by atoms with Crippen molar-refractivity contribution in [1.82, 2.24) is 10.6 Å². The molecule has 0 aliphatic heterocycles. The van der Waals surface area contributed by atoms with Gasteiger partial charge in [0.1, 0.15) is 0 Å². The van der Waals surface area contributed by atoms with Crippen LogP contribution in [0.1, 0.15) is 77.6 Å². The number of nitrogens with one attached hydrogen (secondary N) is 2. The van der Waals surface area contributed by atoms with Crippen LogP contribution in [0.5, 0.6) is 0 Å². The molecule has 0 bridgehead atoms. The van der Waals surface area contributed by atoms with Gasteiger partial charge >= 0.3 is 6.09 Å². The number of amides is 2. The van der Waals surface area contributed by atoms with Gasteiger partial charge in [-0.15, -0.1) is 0 Å². The average Bonchev–Trinajstić information content (AvgIpc) is 2.64. The SMILES string of the molecule is COCCCCOC(=O)NC1CCC(CC2CCC(NC(C)=O)CC2)CC1. The first-order chi connectivity index (χ1) is 13.1. The van der Waals surface area contributed by atoms with Crippen LogP contribution < -0.4 is 10.6 Å². The summed E-state index contributed by atoms with van der Waals surface area (Å²) in [5.74, 6) is 1.69. The monoisotopic (exact) mass is 382 g/mol. The Morgan fingerprint density at radius 2 is 1.33 bits per heavy atom. The van der Waals surface area contributed by atoms with Crippen LogP contribution in [0.2, 0.25) is 0 Å². The molecular formula is C21H38N2O4. The van der Waals surface area contributed by atoms with Gasteiger partial charge in [0.25, 0.3) is 0 Å². The summed E-state index contributed by atoms with van der Waals surface area (Å²) < 4.78 is 10.2. The Bertz CT molecular complexity index is 441. The molecule has 0 heterocycles. The molecule has 0 aromatic rings. The lowest BCUT2D eigenvalue weighted by Crippen LogP contribution is -2.39. The summed E-state index contributed by atoms with van der Waals surface area (Å²) in [5.41, 5.74) is 0. The third kappa shape index (κ3) is 8.96. The lowest BCUT2D eigenvalue weighted by atomic mass is 9.75. The number of rotatable bonds is 9. The third-order valence-electron chi connectivity index (χ3n) is 6.07. The Morgan fingerprint density at radius 1 is 0.815 bits per heavy atom. The molecule has 0 unspecified atom stereocenters. The van der Waals surface area contributed by atoms with Crippen molar-refractivity contribution in [2.45, 2.75) is 89.6 Å². The minimum absolute atomic E-state index is 0.0952. The first-order valence-corrected chi connectivity index (χ1v) is 10.8. The maximum Gasteiger partial charge on any atom is 0.407 e. The van der Waals surface area contributed by atoms with E-state index < -0.39 is 0 Å². The number of hydrogen-bond acceptors (Lipinski definition) is 4. The molecule has 0 atom stereocenters. The summed E-state index contributed by atoms with van der Waals surface area (Å²) in [6.07, 6.45) is 12.0. The van der Waals surface area contributed by atoms with E-state index >= 15 is 0 Å². The minimum atomic E-state index is -0.271. The maximum atomic E-state index is 11.9. The van der Waals surface area contributed by atoms with Gasteiger partial charge < -0.3 is 20.1 Å². The van der Waals surface area contributed by atoms with Crippen LogP contribution >= 0.6 is 0 Å². The first kappa shape index (κ1) is 22.0. The van der Waals surface area contributed by atoms with Crippen LogP contribution in [0, 0.1) is 11.8 Å². The summed E-state index contributed by atoms with van der Waals surface area (Å²) in [5, 5.41) is 6.08. The Morgan fingerprint density at radius 3 is 1.85 bits per heavy atom. The van der Waals surface area contributed by atoms with Crippen molar-refractivity contribution in [1.29, 1.82) is 0 Å². The molecule has 2 amide bonds. The Kier molecular flexibility index (Phi) is 9.95. The number of methoxy groups -OCH3 is 1. The number of alkyl carbamates (subject to hydrolysis) is 1. The number of hydrogen-bond donors (Lipinski definition) is 2. The minimum Gasteiger partial charge on any atom is -0.450 e. The van der Waals surface area contributed by atoms with E-state index in [4.69, 9.17) is 9.47 Å². The molecule has 2 saturated carbocycles. The summed E-state index contributed by atoms with van der Waals surface area (Å²) in [6.45, 7) is 2.78. The van der Waals surface area contributed by atoms with Gasteiger partial charge in [0, 0.05) is 32.7 Å². The Hall–Kier alpha value is -1.30. The van der Waals surface area contributed by atoms with Crippen molar-refractivity contribution in [2.75, 3.05) is 20.3 Å². The van der Waals surface area contributed by atoms with Gasteiger partial charge in [-0.1, -0.05) is 0 Å². The van der Waals surface area contributed by atoms with Gasteiger partial charge in [0.2, 0.25) is 5.91 Å². The zero-order valence-corrected chi connectivity index (χ0v) is 17.1. The predicted molar refractivity (Wildman–Crippen MR) is 106 cm³/mol. The highest BCUT2D eigenvalue weighted by molar-refractivity contribution is 5.73. The van der Waals surface area contributed by atoms with Gasteiger partial charge in [-0.05, 0) is 82.5 Å². The van der Waals surface area contributed by atoms with Gasteiger partial charge in [-0.2, -0.15) is 0 Å². The largest absolute Gasteiger partial charge is 0.450 e. The van der Waals surface area contributed by atoms with Crippen LogP contribution in [0.25, 0.3) is 0 Å². The second-order valence-electron chi connectivity index (χ2n) is 8.35. The second-order valence-corrected chi connectivity index (χ2v) is 8.35. The van der Waals surface area contributed by atoms with Crippen molar-refractivity contribution in [3.05, 3.63) is 0 Å². The summed E-state index contributed by atoms with van der Waals surface area (Å²) in [6, 6.07) is 0.655. The molecule has 0 spiro atoms. The number of unbranched alkanes of at least 4 members (excludes halogenated alkanes) is 1. The fraction of sp³-hybridized carbons (Fsp3) is 0.905.